The van der Waals surface area contributed by atoms with Crippen molar-refractivity contribution >= 4 is 0 Å². The highest BCUT2D eigenvalue weighted by atomic mass is 16.7. The fourth-order valence-corrected chi connectivity index (χ4v) is 14.9. The van der Waals surface area contributed by atoms with Crippen molar-refractivity contribution in [3.8, 4) is 0 Å². The van der Waals surface area contributed by atoms with Crippen LogP contribution in [0.25, 0.3) is 0 Å². The van der Waals surface area contributed by atoms with Crippen molar-refractivity contribution in [3.63, 3.8) is 0 Å². The summed E-state index contributed by atoms with van der Waals surface area (Å²) in [5.74, 6) is 0. The number of unbranched alkanes of at least 4 members (excludes halogenated alkanes) is 34. The Morgan fingerprint density at radius 3 is 1.11 bits per heavy atom. The van der Waals surface area contributed by atoms with Gasteiger partial charge in [0.2, 0.25) is 0 Å². The minimum Gasteiger partial charge on any atom is -0.371 e. The van der Waals surface area contributed by atoms with Crippen LogP contribution in [0.4, 0.5) is 0 Å². The van der Waals surface area contributed by atoms with Crippen LogP contribution in [-0.2, 0) is 79.2 Å². The molecule has 0 unspecified atom stereocenters. The summed E-state index contributed by atoms with van der Waals surface area (Å²) in [6, 6.07) is 62.5. The molecule has 7 aromatic rings. The smallest absolute Gasteiger partial charge is 0.186 e. The molecule has 1 aliphatic rings. The largest absolute Gasteiger partial charge is 0.371 e. The van der Waals surface area contributed by atoms with Crippen molar-refractivity contribution in [2.24, 2.45) is 0 Å². The molecule has 2 heterocycles. The van der Waals surface area contributed by atoms with Gasteiger partial charge in [-0.2, -0.15) is 0 Å². The van der Waals surface area contributed by atoms with Gasteiger partial charge in [0, 0.05) is 12.6 Å². The molecule has 0 bridgehead atoms. The SMILES string of the molecule is CCCCCCCCCCCCCCCCCCCCCCCCCCN[C@@H](CO[C@@H]1O[C@H](Cn2cc(Cc3ccccc3)nn2)[C@H](OCc2ccccc2)[C@H](OCc2ccccc2)[C@H]1OCc1ccccc1)[C@H](OCc1ccccc1)[C@@H](CCCCCCCCCCCCCC)OCc1ccccc1. The third kappa shape index (κ3) is 36.3. The third-order valence-electron chi connectivity index (χ3n) is 21.2. The Labute approximate surface area is 636 Å². The first-order valence-electron chi connectivity index (χ1n) is 42.3. The van der Waals surface area contributed by atoms with Gasteiger partial charge in [-0.1, -0.05) is 426 Å². The molecule has 1 N–H and O–H groups in total. The lowest BCUT2D eigenvalue weighted by Gasteiger charge is -2.46. The number of ether oxygens (including phenoxy) is 7. The number of nitrogens with zero attached hydrogens (tertiary/aromatic N) is 3. The lowest BCUT2D eigenvalue weighted by molar-refractivity contribution is -0.327. The molecule has 0 spiro atoms. The second-order valence-corrected chi connectivity index (χ2v) is 30.2. The van der Waals surface area contributed by atoms with E-state index in [1.807, 2.05) is 35.1 Å². The van der Waals surface area contributed by atoms with Crippen LogP contribution >= 0.6 is 0 Å². The van der Waals surface area contributed by atoms with E-state index in [4.69, 9.17) is 43.5 Å². The number of hydrogen-bond acceptors (Lipinski definition) is 10. The zero-order valence-electron chi connectivity index (χ0n) is 65.2. The monoisotopic (exact) mass is 1440 g/mol. The lowest BCUT2D eigenvalue weighted by atomic mass is 9.96. The first-order valence-corrected chi connectivity index (χ1v) is 42.3. The van der Waals surface area contributed by atoms with Crippen molar-refractivity contribution in [2.45, 2.75) is 346 Å². The Balaban J connectivity index is 0.995. The first kappa shape index (κ1) is 84.8. The fraction of sp³-hybridized carbons (Fsp3) is 0.596. The molecule has 0 amide bonds. The van der Waals surface area contributed by atoms with Crippen molar-refractivity contribution in [1.82, 2.24) is 20.3 Å². The Kier molecular flexibility index (Phi) is 44.8. The first-order chi connectivity index (χ1) is 52.1. The molecule has 1 fully saturated rings. The summed E-state index contributed by atoms with van der Waals surface area (Å²) >= 11 is 0. The number of rotatable bonds is 63. The summed E-state index contributed by atoms with van der Waals surface area (Å²) < 4.78 is 53.3. The summed E-state index contributed by atoms with van der Waals surface area (Å²) in [5.41, 5.74) is 7.42. The molecule has 105 heavy (non-hydrogen) atoms. The van der Waals surface area contributed by atoms with Crippen molar-refractivity contribution in [1.29, 1.82) is 0 Å². The average Bonchev–Trinajstić information content (AvgIpc) is 1.43. The predicted molar refractivity (Wildman–Crippen MR) is 433 cm³/mol. The second-order valence-electron chi connectivity index (χ2n) is 30.2. The van der Waals surface area contributed by atoms with Crippen LogP contribution < -0.4 is 5.32 Å². The van der Waals surface area contributed by atoms with Gasteiger partial charge in [0.05, 0.1) is 64.0 Å². The molecule has 0 radical (unpaired) electrons. The van der Waals surface area contributed by atoms with Gasteiger partial charge in [0.15, 0.2) is 6.29 Å². The van der Waals surface area contributed by atoms with E-state index in [9.17, 15) is 0 Å². The van der Waals surface area contributed by atoms with Crippen LogP contribution in [0, 0.1) is 0 Å². The molecule has 1 aromatic heterocycles. The Morgan fingerprint density at radius 2 is 0.705 bits per heavy atom. The van der Waals surface area contributed by atoms with Gasteiger partial charge >= 0.3 is 0 Å². The van der Waals surface area contributed by atoms with Gasteiger partial charge in [-0.05, 0) is 52.8 Å². The maximum absolute atomic E-state index is 7.54. The van der Waals surface area contributed by atoms with Gasteiger partial charge in [-0.15, -0.1) is 5.10 Å². The fourth-order valence-electron chi connectivity index (χ4n) is 14.9. The summed E-state index contributed by atoms with van der Waals surface area (Å²) in [4.78, 5) is 0. The number of aromatic nitrogens is 3. The molecule has 576 valence electrons. The van der Waals surface area contributed by atoms with E-state index in [2.05, 4.69) is 177 Å². The summed E-state index contributed by atoms with van der Waals surface area (Å²) in [6.45, 7) is 7.86. The second kappa shape index (κ2) is 55.5. The van der Waals surface area contributed by atoms with Gasteiger partial charge in [-0.25, -0.2) is 4.68 Å². The molecular weight excluding hydrogens is 1300 g/mol. The molecule has 11 nitrogen and oxygen atoms in total. The minimum atomic E-state index is -0.911. The number of hydrogen-bond donors (Lipinski definition) is 1. The molecule has 0 saturated carbocycles. The van der Waals surface area contributed by atoms with E-state index >= 15 is 0 Å². The van der Waals surface area contributed by atoms with Crippen LogP contribution in [0.3, 0.4) is 0 Å². The zero-order valence-corrected chi connectivity index (χ0v) is 65.2. The molecule has 1 saturated heterocycles. The number of nitrogens with one attached hydrogen (secondary N) is 1. The van der Waals surface area contributed by atoms with Crippen molar-refractivity contribution in [3.05, 3.63) is 227 Å². The Morgan fingerprint density at radius 1 is 0.362 bits per heavy atom. The van der Waals surface area contributed by atoms with E-state index in [0.29, 0.717) is 46.0 Å². The lowest BCUT2D eigenvalue weighted by Crippen LogP contribution is -2.62. The van der Waals surface area contributed by atoms with Crippen LogP contribution in [0.5, 0.6) is 0 Å². The maximum Gasteiger partial charge on any atom is 0.186 e. The summed E-state index contributed by atoms with van der Waals surface area (Å²) in [7, 11) is 0. The van der Waals surface area contributed by atoms with E-state index in [0.717, 1.165) is 72.2 Å². The molecule has 1 aliphatic heterocycles. The predicted octanol–water partition coefficient (Wildman–Crippen LogP) is 24.0. The van der Waals surface area contributed by atoms with Crippen LogP contribution in [0.1, 0.15) is 290 Å². The van der Waals surface area contributed by atoms with Crippen LogP contribution in [-0.4, -0.2) is 77.1 Å². The highest BCUT2D eigenvalue weighted by Crippen LogP contribution is 2.34. The van der Waals surface area contributed by atoms with E-state index < -0.39 is 36.8 Å². The van der Waals surface area contributed by atoms with Gasteiger partial charge in [-0.3, -0.25) is 0 Å². The van der Waals surface area contributed by atoms with Gasteiger partial charge in [0.25, 0.3) is 0 Å². The molecule has 8 rings (SSSR count). The molecule has 8 atom stereocenters. The summed E-state index contributed by atoms with van der Waals surface area (Å²) in [6.07, 6.45) is 47.7. The quantitative estimate of drug-likeness (QED) is 0.0370. The van der Waals surface area contributed by atoms with Crippen molar-refractivity contribution in [2.75, 3.05) is 13.2 Å². The van der Waals surface area contributed by atoms with E-state index in [1.54, 1.807) is 0 Å². The topological polar surface area (TPSA) is 107 Å². The third-order valence-corrected chi connectivity index (χ3v) is 21.2. The standard InChI is InChI=1S/C94H138N4O7/c1-3-5-7-9-11-13-15-17-18-19-20-21-22-23-24-25-26-27-28-30-32-34-36-56-70-95-87(90(100-75-82-61-47-39-48-62-82)88(99-74-81-59-45-38-46-60-81)69-55-35-33-31-29-16-14-12-10-8-6-4-2)79-104-94-93(103-78-85-67-53-42-54-68-85)92(102-77-84-65-51-41-52-66-84)91(101-76-83-63-49-40-50-64-83)89(105-94)73-98-72-86(96-97-98)71-80-57-43-37-44-58-80/h37-54,57-68,72,87-95H,3-36,55-56,69-71,73-79H2,1-2H3/t87-,88+,89+,90-,91-,92-,93+,94+/m0/s1. The average molecular weight is 1440 g/mol. The normalized spacial score (nSPS) is 16.9. The van der Waals surface area contributed by atoms with Crippen LogP contribution in [0.2, 0.25) is 0 Å². The van der Waals surface area contributed by atoms with E-state index in [-0.39, 0.29) is 18.8 Å². The molecule has 6 aromatic carbocycles. The maximum atomic E-state index is 7.54. The van der Waals surface area contributed by atoms with Gasteiger partial charge < -0.3 is 38.5 Å². The Bertz CT molecular complexity index is 3110. The molecule has 0 aliphatic carbocycles. The Hall–Kier alpha value is -5.86. The molecule has 11 heteroatoms. The zero-order chi connectivity index (χ0) is 72.8. The highest BCUT2D eigenvalue weighted by molar-refractivity contribution is 5.21. The number of benzene rings is 6. The minimum absolute atomic E-state index is 0.247. The van der Waals surface area contributed by atoms with E-state index in [1.165, 1.54) is 211 Å². The highest BCUT2D eigenvalue weighted by Gasteiger charge is 2.50. The van der Waals surface area contributed by atoms with Crippen LogP contribution in [0.15, 0.2) is 188 Å². The van der Waals surface area contributed by atoms with Gasteiger partial charge in [0.1, 0.15) is 30.5 Å². The summed E-state index contributed by atoms with van der Waals surface area (Å²) in [5, 5.41) is 13.6. The van der Waals surface area contributed by atoms with Crippen molar-refractivity contribution < 1.29 is 33.2 Å². The molecular formula is C94H138N4O7.